The molecule has 3 rings (SSSR count). The highest BCUT2D eigenvalue weighted by molar-refractivity contribution is 7.89. The van der Waals surface area contributed by atoms with E-state index in [0.717, 1.165) is 11.1 Å². The Morgan fingerprint density at radius 1 is 1.08 bits per heavy atom. The molecule has 25 heavy (non-hydrogen) atoms. The molecule has 0 radical (unpaired) electrons. The van der Waals surface area contributed by atoms with Crippen LogP contribution in [0.15, 0.2) is 59.5 Å². The number of ether oxygens (including phenoxy) is 1. The van der Waals surface area contributed by atoms with Crippen molar-refractivity contribution in [1.29, 1.82) is 0 Å². The normalized spacial score (nSPS) is 25.8. The van der Waals surface area contributed by atoms with Gasteiger partial charge in [0.25, 0.3) is 0 Å². The van der Waals surface area contributed by atoms with Gasteiger partial charge in [0, 0.05) is 0 Å². The summed E-state index contributed by atoms with van der Waals surface area (Å²) in [6.07, 6.45) is -2.30. The van der Waals surface area contributed by atoms with Crippen LogP contribution in [0, 0.1) is 6.92 Å². The first-order valence-electron chi connectivity index (χ1n) is 8.31. The molecule has 2 aromatic carbocycles. The Labute approximate surface area is 148 Å². The molecule has 4 atom stereocenters. The van der Waals surface area contributed by atoms with E-state index in [1.54, 1.807) is 31.2 Å². The molecule has 2 aromatic rings. The number of nitrogens with zero attached hydrogens (tertiary/aromatic N) is 1. The van der Waals surface area contributed by atoms with Crippen molar-refractivity contribution < 1.29 is 18.3 Å². The van der Waals surface area contributed by atoms with Gasteiger partial charge in [0.05, 0.1) is 17.0 Å². The zero-order chi connectivity index (χ0) is 18.2. The first kappa shape index (κ1) is 18.1. The third-order valence-electron chi connectivity index (χ3n) is 4.51. The van der Waals surface area contributed by atoms with Crippen LogP contribution in [-0.2, 0) is 14.8 Å². The number of sulfonamides is 1. The number of aliphatic hydroxyl groups is 1. The van der Waals surface area contributed by atoms with Gasteiger partial charge in [-0.25, -0.2) is 8.42 Å². The highest BCUT2D eigenvalue weighted by Gasteiger charge is 2.48. The summed E-state index contributed by atoms with van der Waals surface area (Å²) in [7, 11) is -3.79. The number of hydrogen-bond acceptors (Lipinski definition) is 4. The third kappa shape index (κ3) is 3.35. The van der Waals surface area contributed by atoms with Crippen LogP contribution in [-0.4, -0.2) is 36.2 Å². The maximum Gasteiger partial charge on any atom is 0.245 e. The highest BCUT2D eigenvalue weighted by atomic mass is 32.2. The van der Waals surface area contributed by atoms with Crippen molar-refractivity contribution in [1.82, 2.24) is 4.31 Å². The molecular formula is C19H23NO4S. The average Bonchev–Trinajstić information content (AvgIpc) is 2.94. The summed E-state index contributed by atoms with van der Waals surface area (Å²) >= 11 is 0. The average molecular weight is 361 g/mol. The molecule has 1 heterocycles. The molecule has 134 valence electrons. The minimum absolute atomic E-state index is 0.202. The molecule has 0 bridgehead atoms. The maximum absolute atomic E-state index is 13.2. The standard InChI is InChI=1S/C19H23NO4S/c1-13-9-11-17(12-10-13)25(22,23)20-14(2)18(24-19(20)15(3)21)16-7-5-4-6-8-16/h4-12,14-15,18-19,21H,1-3H3/t14?,15-,18+,19+/m1/s1. The fourth-order valence-electron chi connectivity index (χ4n) is 3.20. The fourth-order valence-corrected chi connectivity index (χ4v) is 4.97. The largest absolute Gasteiger partial charge is 0.389 e. The Kier molecular flexibility index (Phi) is 4.97. The summed E-state index contributed by atoms with van der Waals surface area (Å²) in [6.45, 7) is 5.26. The zero-order valence-corrected chi connectivity index (χ0v) is 15.3. The molecule has 1 aliphatic heterocycles. The maximum atomic E-state index is 13.2. The fraction of sp³-hybridized carbons (Fsp3) is 0.368. The minimum Gasteiger partial charge on any atom is -0.389 e. The van der Waals surface area contributed by atoms with Crippen molar-refractivity contribution in [3.63, 3.8) is 0 Å². The lowest BCUT2D eigenvalue weighted by Crippen LogP contribution is -2.45. The molecule has 0 aromatic heterocycles. The van der Waals surface area contributed by atoms with Crippen LogP contribution in [0.2, 0.25) is 0 Å². The van der Waals surface area contributed by atoms with E-state index in [1.807, 2.05) is 44.2 Å². The van der Waals surface area contributed by atoms with Gasteiger partial charge in [-0.15, -0.1) is 0 Å². The molecule has 1 fully saturated rings. The highest BCUT2D eigenvalue weighted by Crippen LogP contribution is 2.39. The van der Waals surface area contributed by atoms with Crippen LogP contribution in [0.25, 0.3) is 0 Å². The molecule has 0 saturated carbocycles. The second kappa shape index (κ2) is 6.88. The van der Waals surface area contributed by atoms with E-state index in [-0.39, 0.29) is 4.90 Å². The lowest BCUT2D eigenvalue weighted by molar-refractivity contribution is -0.0545. The SMILES string of the molecule is Cc1ccc(S(=O)(=O)N2C(C)[C@@H](c3ccccc3)O[C@H]2[C@@H](C)O)cc1. The molecule has 0 spiro atoms. The van der Waals surface area contributed by atoms with Gasteiger partial charge in [-0.1, -0.05) is 48.0 Å². The Morgan fingerprint density at radius 3 is 2.24 bits per heavy atom. The molecule has 5 nitrogen and oxygen atoms in total. The number of aliphatic hydroxyl groups excluding tert-OH is 1. The van der Waals surface area contributed by atoms with Gasteiger partial charge in [0.2, 0.25) is 10.0 Å². The lowest BCUT2D eigenvalue weighted by Gasteiger charge is -2.27. The summed E-state index contributed by atoms with van der Waals surface area (Å²) in [5.74, 6) is 0. The van der Waals surface area contributed by atoms with Crippen LogP contribution < -0.4 is 0 Å². The van der Waals surface area contributed by atoms with E-state index in [9.17, 15) is 13.5 Å². The molecule has 1 saturated heterocycles. The molecule has 1 aliphatic rings. The first-order chi connectivity index (χ1) is 11.8. The molecule has 1 N–H and O–H groups in total. The van der Waals surface area contributed by atoms with Gasteiger partial charge in [-0.2, -0.15) is 4.31 Å². The van der Waals surface area contributed by atoms with Crippen molar-refractivity contribution in [2.24, 2.45) is 0 Å². The molecule has 6 heteroatoms. The number of hydrogen-bond donors (Lipinski definition) is 1. The van der Waals surface area contributed by atoms with E-state index >= 15 is 0 Å². The molecule has 0 aliphatic carbocycles. The second-order valence-electron chi connectivity index (χ2n) is 6.49. The number of rotatable bonds is 4. The van der Waals surface area contributed by atoms with Gasteiger partial charge >= 0.3 is 0 Å². The van der Waals surface area contributed by atoms with Gasteiger partial charge < -0.3 is 9.84 Å². The van der Waals surface area contributed by atoms with Crippen LogP contribution in [0.1, 0.15) is 31.1 Å². The smallest absolute Gasteiger partial charge is 0.245 e. The molecule has 0 amide bonds. The van der Waals surface area contributed by atoms with Crippen molar-refractivity contribution >= 4 is 10.0 Å². The Bertz CT molecular complexity index is 818. The summed E-state index contributed by atoms with van der Waals surface area (Å²) < 4.78 is 33.6. The third-order valence-corrected chi connectivity index (χ3v) is 6.48. The van der Waals surface area contributed by atoms with Crippen molar-refractivity contribution in [2.75, 3.05) is 0 Å². The topological polar surface area (TPSA) is 66.8 Å². The predicted octanol–water partition coefficient (Wildman–Crippen LogP) is 2.85. The summed E-state index contributed by atoms with van der Waals surface area (Å²) in [4.78, 5) is 0.202. The van der Waals surface area contributed by atoms with E-state index in [1.165, 1.54) is 4.31 Å². The number of aryl methyl sites for hydroxylation is 1. The van der Waals surface area contributed by atoms with E-state index in [4.69, 9.17) is 4.74 Å². The zero-order valence-electron chi connectivity index (χ0n) is 14.5. The van der Waals surface area contributed by atoms with Crippen molar-refractivity contribution in [3.05, 3.63) is 65.7 Å². The van der Waals surface area contributed by atoms with Gasteiger partial charge in [-0.05, 0) is 38.5 Å². The van der Waals surface area contributed by atoms with Crippen LogP contribution in [0.3, 0.4) is 0 Å². The van der Waals surface area contributed by atoms with Crippen LogP contribution >= 0.6 is 0 Å². The summed E-state index contributed by atoms with van der Waals surface area (Å²) in [6, 6.07) is 15.8. The van der Waals surface area contributed by atoms with E-state index in [2.05, 4.69) is 0 Å². The quantitative estimate of drug-likeness (QED) is 0.909. The predicted molar refractivity (Wildman–Crippen MR) is 95.4 cm³/mol. The van der Waals surface area contributed by atoms with Crippen LogP contribution in [0.5, 0.6) is 0 Å². The van der Waals surface area contributed by atoms with Crippen molar-refractivity contribution in [3.8, 4) is 0 Å². The second-order valence-corrected chi connectivity index (χ2v) is 8.33. The minimum atomic E-state index is -3.79. The first-order valence-corrected chi connectivity index (χ1v) is 9.75. The number of benzene rings is 2. The lowest BCUT2D eigenvalue weighted by atomic mass is 10.0. The van der Waals surface area contributed by atoms with Gasteiger partial charge in [0.15, 0.2) is 6.23 Å². The Hall–Kier alpha value is -1.73. The summed E-state index contributed by atoms with van der Waals surface area (Å²) in [5.41, 5.74) is 1.88. The van der Waals surface area contributed by atoms with Gasteiger partial charge in [0.1, 0.15) is 6.10 Å². The monoisotopic (exact) mass is 361 g/mol. The van der Waals surface area contributed by atoms with Crippen LogP contribution in [0.4, 0.5) is 0 Å². The Morgan fingerprint density at radius 2 is 1.68 bits per heavy atom. The molecule has 1 unspecified atom stereocenters. The summed E-state index contributed by atoms with van der Waals surface area (Å²) in [5, 5.41) is 10.1. The van der Waals surface area contributed by atoms with E-state index < -0.39 is 34.5 Å². The van der Waals surface area contributed by atoms with E-state index in [0.29, 0.717) is 0 Å². The van der Waals surface area contributed by atoms with Gasteiger partial charge in [-0.3, -0.25) is 0 Å². The Balaban J connectivity index is 2.01. The molecular weight excluding hydrogens is 338 g/mol. The van der Waals surface area contributed by atoms with Crippen molar-refractivity contribution in [2.45, 2.75) is 50.1 Å².